The van der Waals surface area contributed by atoms with E-state index in [1.54, 1.807) is 18.7 Å². The Morgan fingerprint density at radius 3 is 2.51 bits per heavy atom. The number of carbonyl (C=O) groups excluding carboxylic acids is 1. The molecule has 0 spiro atoms. The molecular formula is C27H30N8O2. The summed E-state index contributed by atoms with van der Waals surface area (Å²) >= 11 is 0. The van der Waals surface area contributed by atoms with Crippen LogP contribution in [0.25, 0.3) is 33.8 Å². The summed E-state index contributed by atoms with van der Waals surface area (Å²) in [5, 5.41) is 3.09. The number of nitrogens with one attached hydrogen (secondary N) is 1. The number of hydrogen-bond donors (Lipinski definition) is 1. The quantitative estimate of drug-likeness (QED) is 0.455. The van der Waals surface area contributed by atoms with E-state index in [0.717, 1.165) is 39.5 Å². The van der Waals surface area contributed by atoms with E-state index in [1.807, 2.05) is 30.5 Å². The molecule has 0 aliphatic carbocycles. The summed E-state index contributed by atoms with van der Waals surface area (Å²) in [4.78, 5) is 38.4. The predicted molar refractivity (Wildman–Crippen MR) is 140 cm³/mol. The number of carbonyl (C=O) groups is 1. The summed E-state index contributed by atoms with van der Waals surface area (Å²) in [5.41, 5.74) is 4.83. The third kappa shape index (κ3) is 3.70. The molecule has 190 valence electrons. The Hall–Kier alpha value is -3.76. The number of imidazole rings is 1. The summed E-state index contributed by atoms with van der Waals surface area (Å²) in [6, 6.07) is 6.01. The van der Waals surface area contributed by atoms with Gasteiger partial charge >= 0.3 is 0 Å². The zero-order valence-corrected chi connectivity index (χ0v) is 21.7. The lowest BCUT2D eigenvalue weighted by Crippen LogP contribution is -2.57. The first-order chi connectivity index (χ1) is 17.8. The maximum Gasteiger partial charge on any atom is 0.249 e. The van der Waals surface area contributed by atoms with Gasteiger partial charge in [-0.1, -0.05) is 6.07 Å². The van der Waals surface area contributed by atoms with E-state index in [0.29, 0.717) is 31.0 Å². The van der Waals surface area contributed by atoms with Gasteiger partial charge in [0, 0.05) is 48.8 Å². The van der Waals surface area contributed by atoms with E-state index < -0.39 is 5.54 Å². The highest BCUT2D eigenvalue weighted by Crippen LogP contribution is 2.43. The largest absolute Gasteiger partial charge is 0.373 e. The van der Waals surface area contributed by atoms with Gasteiger partial charge in [0.2, 0.25) is 5.91 Å². The number of hydrogen-bond acceptors (Lipinski definition) is 8. The van der Waals surface area contributed by atoms with E-state index in [9.17, 15) is 4.79 Å². The van der Waals surface area contributed by atoms with Gasteiger partial charge in [-0.15, -0.1) is 0 Å². The first kappa shape index (κ1) is 23.6. The molecule has 3 aromatic heterocycles. The van der Waals surface area contributed by atoms with Crippen molar-refractivity contribution in [3.05, 3.63) is 48.3 Å². The van der Waals surface area contributed by atoms with Crippen molar-refractivity contribution in [3.8, 4) is 22.6 Å². The molecule has 10 nitrogen and oxygen atoms in total. The van der Waals surface area contributed by atoms with Crippen molar-refractivity contribution < 1.29 is 9.53 Å². The number of rotatable bonds is 4. The number of anilines is 1. The van der Waals surface area contributed by atoms with E-state index in [1.165, 1.54) is 0 Å². The summed E-state index contributed by atoms with van der Waals surface area (Å²) in [5.74, 6) is 1.43. The van der Waals surface area contributed by atoms with Crippen LogP contribution in [-0.2, 0) is 21.6 Å². The lowest BCUT2D eigenvalue weighted by atomic mass is 9.88. The Labute approximate surface area is 215 Å². The second-order valence-corrected chi connectivity index (χ2v) is 10.0. The number of aromatic nitrogens is 6. The van der Waals surface area contributed by atoms with Crippen LogP contribution in [0.2, 0.25) is 0 Å². The molecule has 1 amide bonds. The highest BCUT2D eigenvalue weighted by molar-refractivity contribution is 6.06. The molecule has 5 heterocycles. The first-order valence-corrected chi connectivity index (χ1v) is 12.7. The van der Waals surface area contributed by atoms with Crippen molar-refractivity contribution in [2.24, 2.45) is 0 Å². The maximum atomic E-state index is 13.3. The zero-order chi connectivity index (χ0) is 25.9. The lowest BCUT2D eigenvalue weighted by Gasteiger charge is -2.43. The normalized spacial score (nSPS) is 23.9. The molecule has 2 aliphatic rings. The molecular weight excluding hydrogens is 468 g/mol. The molecule has 1 saturated heterocycles. The van der Waals surface area contributed by atoms with Gasteiger partial charge in [-0.05, 0) is 46.8 Å². The fraction of sp³-hybridized carbons (Fsp3) is 0.407. The van der Waals surface area contributed by atoms with E-state index >= 15 is 0 Å². The number of ether oxygens (including phenoxy) is 1. The van der Waals surface area contributed by atoms with Gasteiger partial charge in [-0.2, -0.15) is 0 Å². The Balaban J connectivity index is 1.48. The highest BCUT2D eigenvalue weighted by atomic mass is 16.5. The van der Waals surface area contributed by atoms with Gasteiger partial charge in [0.1, 0.15) is 34.7 Å². The van der Waals surface area contributed by atoms with Crippen LogP contribution in [-0.4, -0.2) is 65.6 Å². The Morgan fingerprint density at radius 2 is 1.81 bits per heavy atom. The van der Waals surface area contributed by atoms with Crippen molar-refractivity contribution in [2.75, 3.05) is 18.4 Å². The molecule has 1 aromatic carbocycles. The molecule has 2 aliphatic heterocycles. The summed E-state index contributed by atoms with van der Waals surface area (Å²) in [6.45, 7) is 12.1. The van der Waals surface area contributed by atoms with Crippen molar-refractivity contribution in [1.29, 1.82) is 0 Å². The fourth-order valence-corrected chi connectivity index (χ4v) is 5.60. The molecule has 10 heteroatoms. The Bertz CT molecular complexity index is 1510. The van der Waals surface area contributed by atoms with E-state index in [2.05, 4.69) is 57.0 Å². The van der Waals surface area contributed by atoms with E-state index in [-0.39, 0.29) is 18.1 Å². The van der Waals surface area contributed by atoms with Gasteiger partial charge in [0.05, 0.1) is 17.8 Å². The van der Waals surface area contributed by atoms with Gasteiger partial charge in [-0.25, -0.2) is 24.9 Å². The molecule has 0 radical (unpaired) electrons. The van der Waals surface area contributed by atoms with Crippen LogP contribution in [0.5, 0.6) is 0 Å². The van der Waals surface area contributed by atoms with E-state index in [4.69, 9.17) is 9.72 Å². The maximum absolute atomic E-state index is 13.3. The summed E-state index contributed by atoms with van der Waals surface area (Å²) in [7, 11) is 0. The number of benzene rings is 1. The Kier molecular flexibility index (Phi) is 5.54. The first-order valence-electron chi connectivity index (χ1n) is 12.7. The minimum atomic E-state index is -0.809. The van der Waals surface area contributed by atoms with Gasteiger partial charge in [0.15, 0.2) is 5.65 Å². The number of aryl methyl sites for hydroxylation is 2. The van der Waals surface area contributed by atoms with Crippen molar-refractivity contribution in [2.45, 2.75) is 58.9 Å². The van der Waals surface area contributed by atoms with Crippen LogP contribution in [0.1, 0.15) is 39.1 Å². The summed E-state index contributed by atoms with van der Waals surface area (Å²) < 4.78 is 7.99. The second-order valence-electron chi connectivity index (χ2n) is 10.0. The molecule has 3 atom stereocenters. The van der Waals surface area contributed by atoms with Crippen LogP contribution in [0.4, 0.5) is 5.69 Å². The zero-order valence-electron chi connectivity index (χ0n) is 21.7. The third-order valence-corrected chi connectivity index (χ3v) is 7.45. The van der Waals surface area contributed by atoms with Crippen LogP contribution in [0.3, 0.4) is 0 Å². The molecule has 1 unspecified atom stereocenters. The molecule has 0 saturated carbocycles. The number of nitrogens with zero attached hydrogens (tertiary/aromatic N) is 7. The molecule has 6 rings (SSSR count). The standard InChI is InChI=1S/C27H30N8O2/c1-6-35-24(19-10-28-17(4)29-11-19)33-23-22(30-14-31-25(23)35)18-7-8-21-20(9-18)27(5,26(36)32-21)34-12-15(2)37-16(3)13-34/h7-11,14-16H,6,12-13H2,1-5H3,(H,32,36)/t15-,16+,27?. The van der Waals surface area contributed by atoms with Gasteiger partial charge in [0.25, 0.3) is 0 Å². The number of amides is 1. The van der Waals surface area contributed by atoms with Crippen molar-refractivity contribution in [1.82, 2.24) is 34.4 Å². The minimum Gasteiger partial charge on any atom is -0.373 e. The average Bonchev–Trinajstić information content (AvgIpc) is 3.38. The number of morpholine rings is 1. The SMILES string of the molecule is CCn1c(-c2cnc(C)nc2)nc2c(-c3ccc4c(c3)C(C)(N3C[C@@H](C)O[C@@H](C)C3)C(=O)N4)ncnc21. The minimum absolute atomic E-state index is 0.0225. The van der Waals surface area contributed by atoms with Crippen molar-refractivity contribution >= 4 is 22.8 Å². The van der Waals surface area contributed by atoms with Gasteiger partial charge < -0.3 is 14.6 Å². The van der Waals surface area contributed by atoms with Crippen molar-refractivity contribution in [3.63, 3.8) is 0 Å². The van der Waals surface area contributed by atoms with Crippen LogP contribution >= 0.6 is 0 Å². The van der Waals surface area contributed by atoms with Crippen LogP contribution in [0.15, 0.2) is 36.9 Å². The highest BCUT2D eigenvalue weighted by Gasteiger charge is 2.49. The second kappa shape index (κ2) is 8.67. The molecule has 37 heavy (non-hydrogen) atoms. The summed E-state index contributed by atoms with van der Waals surface area (Å²) in [6.07, 6.45) is 5.23. The molecule has 0 bridgehead atoms. The van der Waals surface area contributed by atoms with Crippen LogP contribution < -0.4 is 5.32 Å². The molecule has 1 N–H and O–H groups in total. The number of fused-ring (bicyclic) bond motifs is 2. The fourth-order valence-electron chi connectivity index (χ4n) is 5.60. The Morgan fingerprint density at radius 1 is 1.08 bits per heavy atom. The smallest absolute Gasteiger partial charge is 0.249 e. The predicted octanol–water partition coefficient (Wildman–Crippen LogP) is 3.56. The molecule has 1 fully saturated rings. The topological polar surface area (TPSA) is 111 Å². The monoisotopic (exact) mass is 498 g/mol. The van der Waals surface area contributed by atoms with Crippen LogP contribution in [0, 0.1) is 6.92 Å². The third-order valence-electron chi connectivity index (χ3n) is 7.45. The van der Waals surface area contributed by atoms with Gasteiger partial charge in [-0.3, -0.25) is 9.69 Å². The average molecular weight is 499 g/mol. The lowest BCUT2D eigenvalue weighted by molar-refractivity contribution is -0.138. The molecule has 4 aromatic rings.